The molecule has 24 heavy (non-hydrogen) atoms. The van der Waals surface area contributed by atoms with E-state index in [1.165, 1.54) is 13.2 Å². The van der Waals surface area contributed by atoms with Crippen LogP contribution < -0.4 is 5.56 Å². The number of methoxy groups -OCH3 is 1. The predicted molar refractivity (Wildman–Crippen MR) is 89.6 cm³/mol. The van der Waals surface area contributed by atoms with Crippen LogP contribution in [0.1, 0.15) is 36.1 Å². The van der Waals surface area contributed by atoms with Gasteiger partial charge in [0.15, 0.2) is 0 Å². The van der Waals surface area contributed by atoms with Crippen LogP contribution in [0.3, 0.4) is 0 Å². The number of aromatic nitrogens is 1. The number of halogens is 2. The lowest BCUT2D eigenvalue weighted by Crippen LogP contribution is -2.40. The summed E-state index contributed by atoms with van der Waals surface area (Å²) in [4.78, 5) is 25.1. The van der Waals surface area contributed by atoms with Crippen molar-refractivity contribution in [3.05, 3.63) is 56.0 Å². The molecule has 3 rings (SSSR count). The maximum atomic E-state index is 12.1. The summed E-state index contributed by atoms with van der Waals surface area (Å²) in [7, 11) is 1.35. The molecule has 0 aliphatic carbocycles. The van der Waals surface area contributed by atoms with Gasteiger partial charge in [0.1, 0.15) is 5.76 Å². The van der Waals surface area contributed by atoms with E-state index in [9.17, 15) is 9.59 Å². The number of likely N-dealkylation sites (tertiary alicyclic amines) is 1. The average molecular weight is 371 g/mol. The van der Waals surface area contributed by atoms with E-state index in [0.717, 1.165) is 5.56 Å². The zero-order valence-corrected chi connectivity index (χ0v) is 14.4. The van der Waals surface area contributed by atoms with Crippen molar-refractivity contribution in [1.82, 2.24) is 10.1 Å². The first-order valence-electron chi connectivity index (χ1n) is 7.47. The SMILES string of the molecule is COC(=O)N1CCC(c2cc(=O)[nH]o2)CC1c1cc(Cl)cc(Cl)c1. The average Bonchev–Trinajstić information content (AvgIpc) is 2.99. The molecule has 2 aromatic rings. The van der Waals surface area contributed by atoms with Crippen molar-refractivity contribution in [3.63, 3.8) is 0 Å². The number of hydrogen-bond acceptors (Lipinski definition) is 4. The standard InChI is InChI=1S/C16H16Cl2N2O4/c1-23-16(22)20-3-2-9(14-8-15(21)19-24-14)6-13(20)10-4-11(17)7-12(18)5-10/h4-5,7-9,13H,2-3,6H2,1H3,(H,19,21). The summed E-state index contributed by atoms with van der Waals surface area (Å²) in [5.74, 6) is 0.593. The molecule has 0 saturated carbocycles. The molecule has 8 heteroatoms. The number of H-pyrrole nitrogens is 1. The molecule has 6 nitrogen and oxygen atoms in total. The van der Waals surface area contributed by atoms with Crippen molar-refractivity contribution < 1.29 is 14.1 Å². The molecule has 2 atom stereocenters. The summed E-state index contributed by atoms with van der Waals surface area (Å²) in [5, 5.41) is 3.30. The Labute approximate surface area is 148 Å². The van der Waals surface area contributed by atoms with E-state index in [-0.39, 0.29) is 17.5 Å². The molecule has 1 fully saturated rings. The molecule has 1 aliphatic rings. The highest BCUT2D eigenvalue weighted by Crippen LogP contribution is 2.40. The first kappa shape index (κ1) is 16.9. The van der Waals surface area contributed by atoms with Crippen LogP contribution in [-0.4, -0.2) is 29.8 Å². The number of carbonyl (C=O) groups is 1. The Morgan fingerprint density at radius 3 is 2.58 bits per heavy atom. The molecule has 2 heterocycles. The van der Waals surface area contributed by atoms with E-state index in [2.05, 4.69) is 5.16 Å². The first-order chi connectivity index (χ1) is 11.5. The second kappa shape index (κ2) is 6.91. The lowest BCUT2D eigenvalue weighted by atomic mass is 9.86. The smallest absolute Gasteiger partial charge is 0.409 e. The van der Waals surface area contributed by atoms with Gasteiger partial charge < -0.3 is 14.2 Å². The number of piperidine rings is 1. The summed E-state index contributed by atoms with van der Waals surface area (Å²) in [5.41, 5.74) is 0.545. The monoisotopic (exact) mass is 370 g/mol. The number of nitrogens with one attached hydrogen (secondary N) is 1. The van der Waals surface area contributed by atoms with Crippen LogP contribution in [0.5, 0.6) is 0 Å². The highest BCUT2D eigenvalue weighted by molar-refractivity contribution is 6.34. The van der Waals surface area contributed by atoms with E-state index in [1.54, 1.807) is 23.1 Å². The second-order valence-electron chi connectivity index (χ2n) is 5.72. The topological polar surface area (TPSA) is 75.5 Å². The minimum atomic E-state index is -0.412. The van der Waals surface area contributed by atoms with Gasteiger partial charge in [0.05, 0.1) is 13.2 Å². The van der Waals surface area contributed by atoms with Crippen LogP contribution in [0.4, 0.5) is 4.79 Å². The third kappa shape index (κ3) is 3.44. The van der Waals surface area contributed by atoms with Crippen molar-refractivity contribution in [2.45, 2.75) is 24.8 Å². The minimum Gasteiger partial charge on any atom is -0.453 e. The van der Waals surface area contributed by atoms with Gasteiger partial charge in [0.2, 0.25) is 0 Å². The Hall–Kier alpha value is -1.92. The van der Waals surface area contributed by atoms with E-state index in [0.29, 0.717) is 35.2 Å². The molecule has 1 aromatic heterocycles. The lowest BCUT2D eigenvalue weighted by Gasteiger charge is -2.38. The molecule has 0 spiro atoms. The van der Waals surface area contributed by atoms with Crippen LogP contribution in [0.2, 0.25) is 10.0 Å². The van der Waals surface area contributed by atoms with Gasteiger partial charge in [0.25, 0.3) is 5.56 Å². The van der Waals surface area contributed by atoms with E-state index in [1.807, 2.05) is 0 Å². The van der Waals surface area contributed by atoms with Crippen molar-refractivity contribution >= 4 is 29.3 Å². The molecule has 1 aromatic carbocycles. The fraction of sp³-hybridized carbons (Fsp3) is 0.375. The van der Waals surface area contributed by atoms with Gasteiger partial charge in [-0.3, -0.25) is 4.79 Å². The molecule has 128 valence electrons. The van der Waals surface area contributed by atoms with Gasteiger partial charge in [-0.25, -0.2) is 4.79 Å². The highest BCUT2D eigenvalue weighted by atomic mass is 35.5. The predicted octanol–water partition coefficient (Wildman–Crippen LogP) is 3.96. The number of hydrogen-bond donors (Lipinski definition) is 1. The highest BCUT2D eigenvalue weighted by Gasteiger charge is 2.35. The van der Waals surface area contributed by atoms with Crippen molar-refractivity contribution in [2.75, 3.05) is 13.7 Å². The second-order valence-corrected chi connectivity index (χ2v) is 6.59. The van der Waals surface area contributed by atoms with E-state index >= 15 is 0 Å². The Bertz CT molecular complexity index is 781. The van der Waals surface area contributed by atoms with Gasteiger partial charge >= 0.3 is 6.09 Å². The normalized spacial score (nSPS) is 20.9. The number of aromatic amines is 1. The van der Waals surface area contributed by atoms with Crippen molar-refractivity contribution in [3.8, 4) is 0 Å². The molecule has 1 N–H and O–H groups in total. The zero-order chi connectivity index (χ0) is 17.3. The number of carbonyl (C=O) groups excluding carboxylic acids is 1. The molecule has 0 radical (unpaired) electrons. The summed E-state index contributed by atoms with van der Waals surface area (Å²) in [6, 6.07) is 6.38. The van der Waals surface area contributed by atoms with E-state index in [4.69, 9.17) is 32.5 Å². The maximum Gasteiger partial charge on any atom is 0.409 e. The number of amides is 1. The van der Waals surface area contributed by atoms with Crippen molar-refractivity contribution in [1.29, 1.82) is 0 Å². The minimum absolute atomic E-state index is 0.00705. The maximum absolute atomic E-state index is 12.1. The fourth-order valence-corrected chi connectivity index (χ4v) is 3.68. The molecule has 0 bridgehead atoms. The Morgan fingerprint density at radius 2 is 2.00 bits per heavy atom. The Morgan fingerprint density at radius 1 is 1.29 bits per heavy atom. The Kier molecular flexibility index (Phi) is 4.87. The van der Waals surface area contributed by atoms with Gasteiger partial charge in [-0.1, -0.05) is 23.2 Å². The molecular weight excluding hydrogens is 355 g/mol. The summed E-state index contributed by atoms with van der Waals surface area (Å²) in [6.07, 6.45) is 0.831. The molecule has 2 unspecified atom stereocenters. The molecule has 1 saturated heterocycles. The van der Waals surface area contributed by atoms with Crippen LogP contribution in [0.25, 0.3) is 0 Å². The number of nitrogens with zero attached hydrogens (tertiary/aromatic N) is 1. The first-order valence-corrected chi connectivity index (χ1v) is 8.22. The van der Waals surface area contributed by atoms with E-state index < -0.39 is 6.09 Å². The number of ether oxygens (including phenoxy) is 1. The third-order valence-electron chi connectivity index (χ3n) is 4.23. The molecule has 1 aliphatic heterocycles. The summed E-state index contributed by atoms with van der Waals surface area (Å²) < 4.78 is 10.1. The van der Waals surface area contributed by atoms with Gasteiger partial charge in [0, 0.05) is 28.6 Å². The van der Waals surface area contributed by atoms with Gasteiger partial charge in [-0.15, -0.1) is 0 Å². The molecule has 1 amide bonds. The van der Waals surface area contributed by atoms with Crippen LogP contribution in [0.15, 0.2) is 33.6 Å². The third-order valence-corrected chi connectivity index (χ3v) is 4.66. The van der Waals surface area contributed by atoms with Crippen LogP contribution in [0, 0.1) is 0 Å². The zero-order valence-electron chi connectivity index (χ0n) is 12.9. The van der Waals surface area contributed by atoms with Crippen LogP contribution >= 0.6 is 23.2 Å². The van der Waals surface area contributed by atoms with Crippen molar-refractivity contribution in [2.24, 2.45) is 0 Å². The van der Waals surface area contributed by atoms with Gasteiger partial charge in [-0.2, -0.15) is 5.16 Å². The summed E-state index contributed by atoms with van der Waals surface area (Å²) >= 11 is 12.2. The fourth-order valence-electron chi connectivity index (χ4n) is 3.14. The molecular formula is C16H16Cl2N2O4. The quantitative estimate of drug-likeness (QED) is 0.867. The largest absolute Gasteiger partial charge is 0.453 e. The Balaban J connectivity index is 1.94. The number of rotatable bonds is 2. The number of benzene rings is 1. The van der Waals surface area contributed by atoms with Crippen LogP contribution in [-0.2, 0) is 4.74 Å². The summed E-state index contributed by atoms with van der Waals surface area (Å²) in [6.45, 7) is 0.473. The lowest BCUT2D eigenvalue weighted by molar-refractivity contribution is 0.0815. The van der Waals surface area contributed by atoms with Gasteiger partial charge in [-0.05, 0) is 36.6 Å².